The number of rotatable bonds is 8. The minimum atomic E-state index is -3.91. The van der Waals surface area contributed by atoms with E-state index >= 15 is 0 Å². The number of aromatic nitrogens is 1. The normalized spacial score (nSPS) is 12.1. The number of benzene rings is 2. The summed E-state index contributed by atoms with van der Waals surface area (Å²) in [6.07, 6.45) is 0. The fourth-order valence-electron chi connectivity index (χ4n) is 2.23. The van der Waals surface area contributed by atoms with Crippen LogP contribution in [0.15, 0.2) is 58.8 Å². The van der Waals surface area contributed by atoms with Crippen LogP contribution >= 0.6 is 11.3 Å². The molecule has 0 atom stereocenters. The van der Waals surface area contributed by atoms with E-state index < -0.39 is 10.4 Å². The second-order valence-electron chi connectivity index (χ2n) is 5.50. The number of hydrogen-bond donors (Lipinski definition) is 0. The molecule has 0 saturated carbocycles. The first kappa shape index (κ1) is 19.4. The number of azo groups is 1. The van der Waals surface area contributed by atoms with E-state index in [0.717, 1.165) is 23.0 Å². The van der Waals surface area contributed by atoms with Crippen molar-refractivity contribution in [1.82, 2.24) is 4.98 Å². The highest BCUT2D eigenvalue weighted by Crippen LogP contribution is 2.29. The third-order valence-electron chi connectivity index (χ3n) is 3.68. The maximum atomic E-state index is 11.1. The van der Waals surface area contributed by atoms with Gasteiger partial charge in [-0.05, 0) is 36.4 Å². The monoisotopic (exact) mass is 406 g/mol. The quantitative estimate of drug-likeness (QED) is 0.524. The molecule has 0 radical (unpaired) electrons. The van der Waals surface area contributed by atoms with Crippen LogP contribution in [0.25, 0.3) is 10.2 Å². The zero-order valence-electron chi connectivity index (χ0n) is 14.8. The summed E-state index contributed by atoms with van der Waals surface area (Å²) in [5.41, 5.74) is 2.50. The predicted molar refractivity (Wildman–Crippen MR) is 105 cm³/mol. The van der Waals surface area contributed by atoms with Gasteiger partial charge in [0.2, 0.25) is 5.13 Å². The van der Waals surface area contributed by atoms with Crippen LogP contribution in [0.1, 0.15) is 0 Å². The van der Waals surface area contributed by atoms with Gasteiger partial charge in [-0.2, -0.15) is 8.42 Å². The molecule has 0 aliphatic heterocycles. The number of hydrogen-bond acceptors (Lipinski definition) is 9. The van der Waals surface area contributed by atoms with Crippen molar-refractivity contribution < 1.29 is 16.8 Å². The van der Waals surface area contributed by atoms with Gasteiger partial charge in [-0.25, -0.2) is 9.17 Å². The number of thiazole rings is 1. The molecule has 0 fully saturated rings. The molecule has 0 aliphatic carbocycles. The van der Waals surface area contributed by atoms with Crippen LogP contribution in [0.4, 0.5) is 16.5 Å². The second kappa shape index (κ2) is 8.53. The number of likely N-dealkylation sites (N-methyl/N-ethyl adjacent to an activating group) is 1. The molecule has 3 rings (SSSR count). The maximum Gasteiger partial charge on any atom is 0.399 e. The van der Waals surface area contributed by atoms with Gasteiger partial charge < -0.3 is 4.90 Å². The molecule has 3 aromatic rings. The van der Waals surface area contributed by atoms with Gasteiger partial charge in [0.15, 0.2) is 0 Å². The smallest absolute Gasteiger partial charge is 0.372 e. The van der Waals surface area contributed by atoms with Gasteiger partial charge in [-0.15, -0.1) is 10.2 Å². The third kappa shape index (κ3) is 5.30. The Morgan fingerprint density at radius 1 is 1.11 bits per heavy atom. The summed E-state index contributed by atoms with van der Waals surface area (Å²) in [4.78, 5) is 6.27. The molecule has 0 bridgehead atoms. The second-order valence-corrected chi connectivity index (χ2v) is 7.89. The lowest BCUT2D eigenvalue weighted by atomic mass is 10.2. The fourth-order valence-corrected chi connectivity index (χ4v) is 3.39. The van der Waals surface area contributed by atoms with Crippen molar-refractivity contribution in [2.75, 3.05) is 32.2 Å². The summed E-state index contributed by atoms with van der Waals surface area (Å²) in [6, 6.07) is 15.2. The van der Waals surface area contributed by atoms with Gasteiger partial charge in [0, 0.05) is 19.3 Å². The highest BCUT2D eigenvalue weighted by molar-refractivity contribution is 7.81. The van der Waals surface area contributed by atoms with Gasteiger partial charge >= 0.3 is 10.4 Å². The maximum absolute atomic E-state index is 11.1. The number of anilines is 1. The molecule has 0 aliphatic rings. The van der Waals surface area contributed by atoms with Crippen molar-refractivity contribution in [2.24, 2.45) is 10.2 Å². The third-order valence-corrected chi connectivity index (χ3v) is 5.47. The topological polar surface area (TPSA) is 93.5 Å². The first-order chi connectivity index (χ1) is 13.0. The summed E-state index contributed by atoms with van der Waals surface area (Å²) in [7, 11) is -1.02. The average molecular weight is 406 g/mol. The Labute approximate surface area is 161 Å². The molecule has 1 aromatic heterocycles. The van der Waals surface area contributed by atoms with Crippen molar-refractivity contribution in [2.45, 2.75) is 0 Å². The summed E-state index contributed by atoms with van der Waals surface area (Å²) >= 11 is 1.48. The number of fused-ring (bicyclic) bond motifs is 1. The minimum absolute atomic E-state index is 0.00819. The van der Waals surface area contributed by atoms with Crippen LogP contribution in [-0.4, -0.2) is 40.7 Å². The van der Waals surface area contributed by atoms with E-state index in [2.05, 4.69) is 23.6 Å². The Balaban J connectivity index is 1.59. The van der Waals surface area contributed by atoms with Crippen molar-refractivity contribution in [3.05, 3.63) is 48.5 Å². The zero-order chi connectivity index (χ0) is 19.3. The average Bonchev–Trinajstić information content (AvgIpc) is 3.09. The Bertz CT molecular complexity index is 1000. The highest BCUT2D eigenvalue weighted by Gasteiger charge is 2.09. The lowest BCUT2D eigenvalue weighted by Gasteiger charge is -2.18. The molecule has 0 saturated heterocycles. The van der Waals surface area contributed by atoms with Gasteiger partial charge in [0.25, 0.3) is 0 Å². The number of nitrogens with zero attached hydrogens (tertiary/aromatic N) is 4. The Hall–Kier alpha value is -2.40. The largest absolute Gasteiger partial charge is 0.399 e. The van der Waals surface area contributed by atoms with Crippen LogP contribution in [-0.2, 0) is 18.8 Å². The van der Waals surface area contributed by atoms with Crippen molar-refractivity contribution in [3.8, 4) is 0 Å². The van der Waals surface area contributed by atoms with Gasteiger partial charge in [0.1, 0.15) is 0 Å². The zero-order valence-corrected chi connectivity index (χ0v) is 16.4. The van der Waals surface area contributed by atoms with E-state index in [-0.39, 0.29) is 6.61 Å². The molecule has 0 N–H and O–H groups in total. The standard InChI is InChI=1S/C17H18N4O4S2/c1-21(11-12-25-27(22,23)24-2)14-9-7-13(8-10-14)19-20-17-18-15-5-3-4-6-16(15)26-17/h3-10H,11-12H2,1-2H3. The predicted octanol–water partition coefficient (Wildman–Crippen LogP) is 4.06. The first-order valence-corrected chi connectivity index (χ1v) is 10.2. The lowest BCUT2D eigenvalue weighted by molar-refractivity contribution is 0.248. The van der Waals surface area contributed by atoms with Crippen LogP contribution in [0, 0.1) is 0 Å². The molecule has 27 heavy (non-hydrogen) atoms. The van der Waals surface area contributed by atoms with Crippen molar-refractivity contribution >= 4 is 48.5 Å². The van der Waals surface area contributed by atoms with E-state index in [1.807, 2.05) is 60.5 Å². The van der Waals surface area contributed by atoms with Crippen LogP contribution in [0.3, 0.4) is 0 Å². The van der Waals surface area contributed by atoms with Crippen LogP contribution in [0.2, 0.25) is 0 Å². The Morgan fingerprint density at radius 3 is 2.56 bits per heavy atom. The fraction of sp³-hybridized carbons (Fsp3) is 0.235. The van der Waals surface area contributed by atoms with Gasteiger partial charge in [0.05, 0.1) is 29.6 Å². The van der Waals surface area contributed by atoms with E-state index in [1.54, 1.807) is 0 Å². The van der Waals surface area contributed by atoms with E-state index in [4.69, 9.17) is 0 Å². The highest BCUT2D eigenvalue weighted by atomic mass is 32.3. The molecule has 2 aromatic carbocycles. The van der Waals surface area contributed by atoms with Gasteiger partial charge in [-0.1, -0.05) is 23.5 Å². The molecule has 8 nitrogen and oxygen atoms in total. The Kier molecular flexibility index (Phi) is 6.11. The number of para-hydroxylation sites is 1. The van der Waals surface area contributed by atoms with E-state index in [0.29, 0.717) is 17.4 Å². The summed E-state index contributed by atoms with van der Waals surface area (Å²) in [5, 5.41) is 9.01. The van der Waals surface area contributed by atoms with E-state index in [1.165, 1.54) is 11.3 Å². The molecule has 142 valence electrons. The minimum Gasteiger partial charge on any atom is -0.372 e. The van der Waals surface area contributed by atoms with Crippen molar-refractivity contribution in [3.63, 3.8) is 0 Å². The van der Waals surface area contributed by atoms with Crippen molar-refractivity contribution in [1.29, 1.82) is 0 Å². The molecular weight excluding hydrogens is 388 g/mol. The summed E-state index contributed by atoms with van der Waals surface area (Å²) in [5.74, 6) is 0. The molecular formula is C17H18N4O4S2. The van der Waals surface area contributed by atoms with Crippen LogP contribution in [0.5, 0.6) is 0 Å². The first-order valence-electron chi connectivity index (χ1n) is 8.00. The molecule has 0 unspecified atom stereocenters. The lowest BCUT2D eigenvalue weighted by Crippen LogP contribution is -2.24. The summed E-state index contributed by atoms with van der Waals surface area (Å²) < 4.78 is 32.2. The van der Waals surface area contributed by atoms with Crippen LogP contribution < -0.4 is 4.90 Å². The molecule has 1 heterocycles. The molecule has 10 heteroatoms. The molecule has 0 amide bonds. The van der Waals surface area contributed by atoms with Gasteiger partial charge in [-0.3, -0.25) is 4.18 Å². The molecule has 0 spiro atoms. The summed E-state index contributed by atoms with van der Waals surface area (Å²) in [6.45, 7) is 0.376. The Morgan fingerprint density at radius 2 is 1.85 bits per heavy atom. The van der Waals surface area contributed by atoms with E-state index in [9.17, 15) is 8.42 Å². The SMILES string of the molecule is COS(=O)(=O)OCCN(C)c1ccc(N=Nc2nc3ccccc3s2)cc1.